The molecule has 0 radical (unpaired) electrons. The maximum atomic E-state index is 12.1. The van der Waals surface area contributed by atoms with Gasteiger partial charge < -0.3 is 4.74 Å². The van der Waals surface area contributed by atoms with Crippen molar-refractivity contribution in [3.8, 4) is 5.75 Å². The van der Waals surface area contributed by atoms with Crippen LogP contribution in [0.3, 0.4) is 0 Å². The first kappa shape index (κ1) is 16.3. The number of nitrogens with one attached hydrogen (secondary N) is 1. The molecule has 0 aliphatic heterocycles. The lowest BCUT2D eigenvalue weighted by Crippen LogP contribution is -2.28. The molecule has 2 aromatic rings. The molecule has 112 valence electrons. The van der Waals surface area contributed by atoms with E-state index in [1.54, 1.807) is 18.2 Å². The highest BCUT2D eigenvalue weighted by Crippen LogP contribution is 2.23. The zero-order chi connectivity index (χ0) is 15.3. The van der Waals surface area contributed by atoms with Gasteiger partial charge in [0, 0.05) is 6.54 Å². The van der Waals surface area contributed by atoms with Gasteiger partial charge >= 0.3 is 0 Å². The van der Waals surface area contributed by atoms with Gasteiger partial charge in [-0.05, 0) is 40.2 Å². The number of sulfonamides is 1. The summed E-state index contributed by atoms with van der Waals surface area (Å²) in [5.41, 5.74) is 0. The lowest BCUT2D eigenvalue weighted by Gasteiger charge is -2.10. The van der Waals surface area contributed by atoms with Gasteiger partial charge in [-0.1, -0.05) is 35.9 Å². The van der Waals surface area contributed by atoms with Crippen LogP contribution in [-0.2, 0) is 10.0 Å². The summed E-state index contributed by atoms with van der Waals surface area (Å²) in [5, 5.41) is 0.191. The van der Waals surface area contributed by atoms with Crippen LogP contribution in [0.15, 0.2) is 57.9 Å². The summed E-state index contributed by atoms with van der Waals surface area (Å²) in [5.74, 6) is 0.662. The van der Waals surface area contributed by atoms with E-state index in [9.17, 15) is 8.42 Å². The summed E-state index contributed by atoms with van der Waals surface area (Å²) in [6.45, 7) is 0.362. The van der Waals surface area contributed by atoms with Gasteiger partial charge in [0.05, 0.1) is 9.50 Å². The van der Waals surface area contributed by atoms with E-state index in [0.717, 1.165) is 4.47 Å². The van der Waals surface area contributed by atoms with E-state index in [4.69, 9.17) is 16.3 Å². The van der Waals surface area contributed by atoms with Gasteiger partial charge in [0.2, 0.25) is 10.0 Å². The molecule has 0 unspecified atom stereocenters. The lowest BCUT2D eigenvalue weighted by molar-refractivity contribution is 0.321. The van der Waals surface area contributed by atoms with Crippen molar-refractivity contribution in [1.29, 1.82) is 0 Å². The lowest BCUT2D eigenvalue weighted by atomic mass is 10.3. The molecule has 0 bridgehead atoms. The molecule has 0 aromatic heterocycles. The molecule has 2 rings (SSSR count). The number of benzene rings is 2. The molecular formula is C14H13BrClNO3S. The van der Waals surface area contributed by atoms with E-state index in [-0.39, 0.29) is 23.1 Å². The standard InChI is InChI=1S/C14H13BrClNO3S/c15-11-5-1-3-7-13(11)20-10-9-17-21(18,19)14-8-4-2-6-12(14)16/h1-8,17H,9-10H2. The highest BCUT2D eigenvalue weighted by molar-refractivity contribution is 9.10. The summed E-state index contributed by atoms with van der Waals surface area (Å²) in [4.78, 5) is 0.0626. The molecule has 0 aliphatic rings. The second kappa shape index (κ2) is 7.26. The molecule has 0 saturated heterocycles. The second-order valence-electron chi connectivity index (χ2n) is 4.11. The topological polar surface area (TPSA) is 55.4 Å². The van der Waals surface area contributed by atoms with Crippen molar-refractivity contribution in [2.45, 2.75) is 4.90 Å². The molecular weight excluding hydrogens is 378 g/mol. The highest BCUT2D eigenvalue weighted by atomic mass is 79.9. The fraction of sp³-hybridized carbons (Fsp3) is 0.143. The van der Waals surface area contributed by atoms with Crippen molar-refractivity contribution in [3.05, 3.63) is 58.0 Å². The van der Waals surface area contributed by atoms with E-state index in [1.165, 1.54) is 12.1 Å². The van der Waals surface area contributed by atoms with E-state index < -0.39 is 10.0 Å². The van der Waals surface area contributed by atoms with Crippen LogP contribution in [0.5, 0.6) is 5.75 Å². The summed E-state index contributed by atoms with van der Waals surface area (Å²) in [6.07, 6.45) is 0. The van der Waals surface area contributed by atoms with Gasteiger partial charge in [-0.25, -0.2) is 13.1 Å². The van der Waals surface area contributed by atoms with Crippen LogP contribution in [0.4, 0.5) is 0 Å². The zero-order valence-corrected chi connectivity index (χ0v) is 14.1. The molecule has 4 nitrogen and oxygen atoms in total. The number of halogens is 2. The highest BCUT2D eigenvalue weighted by Gasteiger charge is 2.16. The third-order valence-corrected chi connectivity index (χ3v) is 5.23. The minimum Gasteiger partial charge on any atom is -0.491 e. The normalized spacial score (nSPS) is 11.3. The van der Waals surface area contributed by atoms with Gasteiger partial charge in [0.25, 0.3) is 0 Å². The number of hydrogen-bond acceptors (Lipinski definition) is 3. The predicted octanol–water partition coefficient (Wildman–Crippen LogP) is 3.46. The molecule has 0 fully saturated rings. The predicted molar refractivity (Wildman–Crippen MR) is 86.3 cm³/mol. The molecule has 0 spiro atoms. The average molecular weight is 391 g/mol. The largest absolute Gasteiger partial charge is 0.491 e. The van der Waals surface area contributed by atoms with Crippen LogP contribution in [0.1, 0.15) is 0 Å². The minimum atomic E-state index is -3.63. The first-order chi connectivity index (χ1) is 10.0. The molecule has 0 amide bonds. The average Bonchev–Trinajstić information content (AvgIpc) is 2.45. The Kier molecular flexibility index (Phi) is 5.64. The van der Waals surface area contributed by atoms with Crippen molar-refractivity contribution < 1.29 is 13.2 Å². The third-order valence-electron chi connectivity index (χ3n) is 2.61. The Balaban J connectivity index is 1.92. The van der Waals surface area contributed by atoms with Gasteiger partial charge in [-0.15, -0.1) is 0 Å². The molecule has 0 aliphatic carbocycles. The van der Waals surface area contributed by atoms with Crippen molar-refractivity contribution >= 4 is 37.6 Å². The van der Waals surface area contributed by atoms with Gasteiger partial charge in [0.1, 0.15) is 17.3 Å². The molecule has 0 atom stereocenters. The smallest absolute Gasteiger partial charge is 0.242 e. The van der Waals surface area contributed by atoms with Crippen LogP contribution in [-0.4, -0.2) is 21.6 Å². The SMILES string of the molecule is O=S(=O)(NCCOc1ccccc1Br)c1ccccc1Cl. The Labute approximate surface area is 137 Å². The van der Waals surface area contributed by atoms with Crippen LogP contribution < -0.4 is 9.46 Å². The maximum absolute atomic E-state index is 12.1. The number of hydrogen-bond donors (Lipinski definition) is 1. The molecule has 2 aromatic carbocycles. The van der Waals surface area contributed by atoms with E-state index in [0.29, 0.717) is 5.75 Å². The summed E-state index contributed by atoms with van der Waals surface area (Å²) < 4.78 is 32.9. The summed E-state index contributed by atoms with van der Waals surface area (Å²) in [6, 6.07) is 13.7. The van der Waals surface area contributed by atoms with Crippen molar-refractivity contribution in [3.63, 3.8) is 0 Å². The van der Waals surface area contributed by atoms with E-state index in [1.807, 2.05) is 18.2 Å². The first-order valence-corrected chi connectivity index (χ1v) is 8.77. The van der Waals surface area contributed by atoms with Crippen LogP contribution in [0.2, 0.25) is 5.02 Å². The minimum absolute atomic E-state index is 0.0626. The van der Waals surface area contributed by atoms with Crippen molar-refractivity contribution in [1.82, 2.24) is 4.72 Å². The van der Waals surface area contributed by atoms with Gasteiger partial charge in [-0.3, -0.25) is 0 Å². The van der Waals surface area contributed by atoms with E-state index in [2.05, 4.69) is 20.7 Å². The maximum Gasteiger partial charge on any atom is 0.242 e. The number of para-hydroxylation sites is 1. The first-order valence-electron chi connectivity index (χ1n) is 6.12. The van der Waals surface area contributed by atoms with Crippen molar-refractivity contribution in [2.75, 3.05) is 13.2 Å². The summed E-state index contributed by atoms with van der Waals surface area (Å²) in [7, 11) is -3.63. The Morgan fingerprint density at radius 3 is 2.48 bits per heavy atom. The number of rotatable bonds is 6. The van der Waals surface area contributed by atoms with Crippen LogP contribution in [0.25, 0.3) is 0 Å². The van der Waals surface area contributed by atoms with Crippen LogP contribution in [0, 0.1) is 0 Å². The molecule has 21 heavy (non-hydrogen) atoms. The number of ether oxygens (including phenoxy) is 1. The van der Waals surface area contributed by atoms with Gasteiger partial charge in [0.15, 0.2) is 0 Å². The van der Waals surface area contributed by atoms with Crippen LogP contribution >= 0.6 is 27.5 Å². The molecule has 7 heteroatoms. The van der Waals surface area contributed by atoms with Crippen molar-refractivity contribution in [2.24, 2.45) is 0 Å². The zero-order valence-electron chi connectivity index (χ0n) is 10.9. The monoisotopic (exact) mass is 389 g/mol. The Morgan fingerprint density at radius 1 is 1.10 bits per heavy atom. The Morgan fingerprint density at radius 2 is 1.76 bits per heavy atom. The van der Waals surface area contributed by atoms with Gasteiger partial charge in [-0.2, -0.15) is 0 Å². The molecule has 0 heterocycles. The molecule has 0 saturated carbocycles. The fourth-order valence-electron chi connectivity index (χ4n) is 1.64. The quantitative estimate of drug-likeness (QED) is 0.769. The third kappa shape index (κ3) is 4.44. The van der Waals surface area contributed by atoms with E-state index >= 15 is 0 Å². The summed E-state index contributed by atoms with van der Waals surface area (Å²) >= 11 is 9.23. The molecule has 1 N–H and O–H groups in total. The Hall–Kier alpha value is -1.08. The fourth-order valence-corrected chi connectivity index (χ4v) is 3.57. The second-order valence-corrected chi connectivity index (χ2v) is 7.10. The Bertz CT molecular complexity index is 722.